The molecule has 2 rings (SSSR count). The first-order valence-corrected chi connectivity index (χ1v) is 7.92. The van der Waals surface area contributed by atoms with Crippen molar-refractivity contribution in [1.29, 1.82) is 0 Å². The van der Waals surface area contributed by atoms with Crippen molar-refractivity contribution in [2.75, 3.05) is 25.0 Å². The smallest absolute Gasteiger partial charge is 0.271 e. The minimum Gasteiger partial charge on any atom is -0.326 e. The van der Waals surface area contributed by atoms with Crippen LogP contribution in [-0.4, -0.2) is 35.4 Å². The Kier molecular flexibility index (Phi) is 6.33. The first kappa shape index (κ1) is 16.4. The lowest BCUT2D eigenvalue weighted by Gasteiger charge is -2.24. The van der Waals surface area contributed by atoms with Crippen LogP contribution < -0.4 is 5.32 Å². The molecule has 120 valence electrons. The Morgan fingerprint density at radius 2 is 1.86 bits per heavy atom. The van der Waals surface area contributed by atoms with Gasteiger partial charge in [0, 0.05) is 30.8 Å². The molecule has 1 aliphatic heterocycles. The molecule has 0 spiro atoms. The minimum absolute atomic E-state index is 0.0124. The van der Waals surface area contributed by atoms with Crippen LogP contribution in [0.5, 0.6) is 0 Å². The van der Waals surface area contributed by atoms with E-state index in [4.69, 9.17) is 0 Å². The Labute approximate surface area is 130 Å². The van der Waals surface area contributed by atoms with E-state index in [9.17, 15) is 14.9 Å². The van der Waals surface area contributed by atoms with Crippen LogP contribution in [0.15, 0.2) is 24.3 Å². The van der Waals surface area contributed by atoms with Gasteiger partial charge in [-0.1, -0.05) is 25.3 Å². The molecule has 0 unspecified atom stereocenters. The molecule has 1 aromatic rings. The Morgan fingerprint density at radius 3 is 2.55 bits per heavy atom. The van der Waals surface area contributed by atoms with Gasteiger partial charge in [-0.25, -0.2) is 0 Å². The summed E-state index contributed by atoms with van der Waals surface area (Å²) in [7, 11) is 0. The van der Waals surface area contributed by atoms with E-state index >= 15 is 0 Å². The molecule has 1 amide bonds. The van der Waals surface area contributed by atoms with Gasteiger partial charge in [-0.3, -0.25) is 14.9 Å². The third kappa shape index (κ3) is 5.44. The summed E-state index contributed by atoms with van der Waals surface area (Å²) in [5.41, 5.74) is 0.466. The predicted octanol–water partition coefficient (Wildman–Crippen LogP) is 3.19. The Balaban J connectivity index is 1.79. The van der Waals surface area contributed by atoms with Gasteiger partial charge in [0.05, 0.1) is 4.92 Å². The van der Waals surface area contributed by atoms with E-state index in [1.165, 1.54) is 44.2 Å². The van der Waals surface area contributed by atoms with Crippen LogP contribution >= 0.6 is 0 Å². The topological polar surface area (TPSA) is 75.5 Å². The van der Waals surface area contributed by atoms with Crippen LogP contribution in [0.2, 0.25) is 0 Å². The summed E-state index contributed by atoms with van der Waals surface area (Å²) in [6.07, 6.45) is 6.69. The molecule has 0 atom stereocenters. The number of amides is 1. The van der Waals surface area contributed by atoms with E-state index < -0.39 is 4.92 Å². The molecule has 0 aliphatic carbocycles. The zero-order valence-corrected chi connectivity index (χ0v) is 12.8. The standard InChI is InChI=1S/C16H23N3O3/c20-16(9-12-18-10-4-2-1-3-5-11-18)17-14-7-6-8-15(13-14)19(21)22/h6-8,13H,1-5,9-12H2,(H,17,20). The summed E-state index contributed by atoms with van der Waals surface area (Å²) < 4.78 is 0. The summed E-state index contributed by atoms with van der Waals surface area (Å²) in [4.78, 5) is 24.6. The zero-order valence-electron chi connectivity index (χ0n) is 12.8. The number of carbonyl (C=O) groups is 1. The number of hydrogen-bond acceptors (Lipinski definition) is 4. The van der Waals surface area contributed by atoms with Gasteiger partial charge in [-0.05, 0) is 32.0 Å². The monoisotopic (exact) mass is 305 g/mol. The molecule has 1 N–H and O–H groups in total. The quantitative estimate of drug-likeness (QED) is 0.669. The largest absolute Gasteiger partial charge is 0.326 e. The maximum absolute atomic E-state index is 12.0. The Bertz CT molecular complexity index is 511. The van der Waals surface area contributed by atoms with Crippen molar-refractivity contribution in [1.82, 2.24) is 4.90 Å². The fourth-order valence-electron chi connectivity index (χ4n) is 2.72. The summed E-state index contributed by atoms with van der Waals surface area (Å²) in [5, 5.41) is 13.5. The summed E-state index contributed by atoms with van der Waals surface area (Å²) in [6, 6.07) is 6.04. The SMILES string of the molecule is O=C(CCN1CCCCCCC1)Nc1cccc([N+](=O)[O-])c1. The van der Waals surface area contributed by atoms with Crippen LogP contribution in [0.3, 0.4) is 0 Å². The first-order chi connectivity index (χ1) is 10.6. The van der Waals surface area contributed by atoms with E-state index in [1.54, 1.807) is 12.1 Å². The van der Waals surface area contributed by atoms with Gasteiger partial charge in [-0.15, -0.1) is 0 Å². The van der Waals surface area contributed by atoms with Gasteiger partial charge in [0.1, 0.15) is 0 Å². The lowest BCUT2D eigenvalue weighted by Crippen LogP contribution is -2.30. The fraction of sp³-hybridized carbons (Fsp3) is 0.562. The number of nitrogens with zero attached hydrogens (tertiary/aromatic N) is 2. The highest BCUT2D eigenvalue weighted by Gasteiger charge is 2.11. The lowest BCUT2D eigenvalue weighted by atomic mass is 10.1. The zero-order chi connectivity index (χ0) is 15.8. The van der Waals surface area contributed by atoms with Gasteiger partial charge in [0.2, 0.25) is 5.91 Å². The second kappa shape index (κ2) is 8.48. The molecule has 0 aromatic heterocycles. The maximum atomic E-state index is 12.0. The molecule has 1 saturated heterocycles. The van der Waals surface area contributed by atoms with Crippen LogP contribution in [0.4, 0.5) is 11.4 Å². The van der Waals surface area contributed by atoms with Crippen molar-refractivity contribution in [2.24, 2.45) is 0 Å². The number of hydrogen-bond donors (Lipinski definition) is 1. The molecule has 1 aromatic carbocycles. The third-order valence-corrected chi connectivity index (χ3v) is 3.94. The van der Waals surface area contributed by atoms with Crippen LogP contribution in [0, 0.1) is 10.1 Å². The van der Waals surface area contributed by atoms with Crippen LogP contribution in [-0.2, 0) is 4.79 Å². The molecule has 0 bridgehead atoms. The highest BCUT2D eigenvalue weighted by atomic mass is 16.6. The van der Waals surface area contributed by atoms with Gasteiger partial charge >= 0.3 is 0 Å². The number of nitrogens with one attached hydrogen (secondary N) is 1. The molecule has 1 fully saturated rings. The van der Waals surface area contributed by atoms with Gasteiger partial charge in [0.15, 0.2) is 0 Å². The van der Waals surface area contributed by atoms with Crippen LogP contribution in [0.1, 0.15) is 38.5 Å². The lowest BCUT2D eigenvalue weighted by molar-refractivity contribution is -0.384. The second-order valence-corrected chi connectivity index (χ2v) is 5.72. The number of non-ortho nitro benzene ring substituents is 1. The number of anilines is 1. The number of rotatable bonds is 5. The molecule has 1 heterocycles. The highest BCUT2D eigenvalue weighted by molar-refractivity contribution is 5.91. The third-order valence-electron chi connectivity index (χ3n) is 3.94. The molecule has 1 aliphatic rings. The van der Waals surface area contributed by atoms with E-state index in [-0.39, 0.29) is 11.6 Å². The van der Waals surface area contributed by atoms with Gasteiger partial charge in [-0.2, -0.15) is 0 Å². The normalized spacial score (nSPS) is 16.5. The maximum Gasteiger partial charge on any atom is 0.271 e. The van der Waals surface area contributed by atoms with Crippen LogP contribution in [0.25, 0.3) is 0 Å². The van der Waals surface area contributed by atoms with Crippen molar-refractivity contribution >= 4 is 17.3 Å². The molecule has 6 nitrogen and oxygen atoms in total. The summed E-state index contributed by atoms with van der Waals surface area (Å²) >= 11 is 0. The summed E-state index contributed by atoms with van der Waals surface area (Å²) in [6.45, 7) is 2.87. The van der Waals surface area contributed by atoms with Crippen molar-refractivity contribution < 1.29 is 9.72 Å². The molecular formula is C16H23N3O3. The molecule has 6 heteroatoms. The Hall–Kier alpha value is -1.95. The minimum atomic E-state index is -0.462. The second-order valence-electron chi connectivity index (χ2n) is 5.72. The summed E-state index contributed by atoms with van der Waals surface area (Å²) in [5.74, 6) is -0.0949. The average Bonchev–Trinajstić information content (AvgIpc) is 2.46. The van der Waals surface area contributed by atoms with Gasteiger partial charge in [0.25, 0.3) is 5.69 Å². The molecule has 22 heavy (non-hydrogen) atoms. The average molecular weight is 305 g/mol. The molecule has 0 radical (unpaired) electrons. The first-order valence-electron chi connectivity index (χ1n) is 7.92. The van der Waals surface area contributed by atoms with E-state index in [0.717, 1.165) is 19.6 Å². The Morgan fingerprint density at radius 1 is 1.18 bits per heavy atom. The van der Waals surface area contributed by atoms with E-state index in [2.05, 4.69) is 10.2 Å². The van der Waals surface area contributed by atoms with Crippen molar-refractivity contribution in [3.8, 4) is 0 Å². The van der Waals surface area contributed by atoms with E-state index in [1.807, 2.05) is 0 Å². The number of likely N-dealkylation sites (tertiary alicyclic amines) is 1. The van der Waals surface area contributed by atoms with Gasteiger partial charge < -0.3 is 10.2 Å². The highest BCUT2D eigenvalue weighted by Crippen LogP contribution is 2.17. The molecule has 0 saturated carbocycles. The van der Waals surface area contributed by atoms with Crippen molar-refractivity contribution in [2.45, 2.75) is 38.5 Å². The van der Waals surface area contributed by atoms with Crippen molar-refractivity contribution in [3.63, 3.8) is 0 Å². The molecular weight excluding hydrogens is 282 g/mol. The fourth-order valence-corrected chi connectivity index (χ4v) is 2.72. The number of carbonyl (C=O) groups excluding carboxylic acids is 1. The number of nitro benzene ring substituents is 1. The van der Waals surface area contributed by atoms with Crippen molar-refractivity contribution in [3.05, 3.63) is 34.4 Å². The number of benzene rings is 1. The predicted molar refractivity (Wildman–Crippen MR) is 85.9 cm³/mol. The number of nitro groups is 1. The van der Waals surface area contributed by atoms with E-state index in [0.29, 0.717) is 12.1 Å².